The summed E-state index contributed by atoms with van der Waals surface area (Å²) in [6.45, 7) is 13.6. The number of Topliss-reactive ketones (excluding diaryl/α,β-unsaturated/α-hetero) is 3. The number of aliphatic hydroxyl groups excluding tert-OH is 2. The summed E-state index contributed by atoms with van der Waals surface area (Å²) in [6.07, 6.45) is 8.33. The average Bonchev–Trinajstić information content (AvgIpc) is 3.92. The Kier molecular flexibility index (Phi) is 13.3. The molecule has 3 aromatic carbocycles. The third-order valence-electron chi connectivity index (χ3n) is 13.1. The SMILES string of the molecule is CCc1cc(C)cc(CC)c1C1=C(OCc2ccccc2)C2CC(CCO)CC2C1=O.CCc1cc(C)cc(CC)c1C1C(=O)C2CC(CCO)CC2C1=O. The molecule has 4 aliphatic rings. The summed E-state index contributed by atoms with van der Waals surface area (Å²) in [6, 6.07) is 18.9. The van der Waals surface area contributed by atoms with Crippen LogP contribution in [0.25, 0.3) is 5.57 Å². The van der Waals surface area contributed by atoms with Crippen molar-refractivity contribution in [2.75, 3.05) is 13.2 Å². The van der Waals surface area contributed by atoms with Gasteiger partial charge in [0.05, 0.1) is 5.57 Å². The predicted molar refractivity (Wildman–Crippen MR) is 219 cm³/mol. The zero-order chi connectivity index (χ0) is 39.4. The number of benzene rings is 3. The summed E-state index contributed by atoms with van der Waals surface area (Å²) >= 11 is 0. The number of hydrogen-bond acceptors (Lipinski definition) is 6. The van der Waals surface area contributed by atoms with Crippen molar-refractivity contribution in [3.8, 4) is 0 Å². The molecule has 5 atom stereocenters. The smallest absolute Gasteiger partial charge is 0.170 e. The fourth-order valence-corrected chi connectivity index (χ4v) is 10.6. The maximum Gasteiger partial charge on any atom is 0.170 e. The van der Waals surface area contributed by atoms with E-state index < -0.39 is 5.92 Å². The Balaban J connectivity index is 0.000000193. The van der Waals surface area contributed by atoms with Gasteiger partial charge in [-0.15, -0.1) is 0 Å². The minimum Gasteiger partial charge on any atom is -0.492 e. The second kappa shape index (κ2) is 17.9. The first-order chi connectivity index (χ1) is 26.6. The van der Waals surface area contributed by atoms with E-state index >= 15 is 0 Å². The Morgan fingerprint density at radius 3 is 1.55 bits per heavy atom. The third-order valence-corrected chi connectivity index (χ3v) is 13.1. The lowest BCUT2D eigenvalue weighted by Gasteiger charge is -2.20. The number of ketones is 3. The molecule has 0 heterocycles. The molecule has 0 saturated heterocycles. The van der Waals surface area contributed by atoms with Gasteiger partial charge in [0.1, 0.15) is 18.3 Å². The summed E-state index contributed by atoms with van der Waals surface area (Å²) in [5, 5.41) is 18.6. The maximum absolute atomic E-state index is 13.8. The van der Waals surface area contributed by atoms with Gasteiger partial charge in [0.2, 0.25) is 0 Å². The van der Waals surface area contributed by atoms with Crippen molar-refractivity contribution >= 4 is 22.9 Å². The van der Waals surface area contributed by atoms with Gasteiger partial charge in [-0.25, -0.2) is 0 Å². The topological polar surface area (TPSA) is 101 Å². The highest BCUT2D eigenvalue weighted by Gasteiger charge is 2.54. The zero-order valence-electron chi connectivity index (χ0n) is 34.0. The summed E-state index contributed by atoms with van der Waals surface area (Å²) < 4.78 is 6.49. The summed E-state index contributed by atoms with van der Waals surface area (Å²) in [7, 11) is 0. The Bertz CT molecular complexity index is 1830. The standard InChI is InChI=1S/C28H34O3.C21H28O3/c1-4-21-13-18(3)14-22(5-2)25(21)26-27(30)23-15-20(11-12-29)16-24(23)28(26)31-17-19-9-7-6-8-10-19;1-4-14-8-12(3)9-15(5-2)18(14)19-20(23)16-10-13(6-7-22)11-17(16)21(19)24/h6-10,13-14,20,23-24,29H,4-5,11-12,15-17H2,1-3H3;8-9,13,16-17,19,22H,4-7,10-11H2,1-3H3. The largest absolute Gasteiger partial charge is 0.492 e. The van der Waals surface area contributed by atoms with Crippen LogP contribution in [0.15, 0.2) is 60.4 Å². The van der Waals surface area contributed by atoms with Crippen molar-refractivity contribution in [3.05, 3.63) is 110 Å². The normalized spacial score (nSPS) is 25.7. The van der Waals surface area contributed by atoms with E-state index in [4.69, 9.17) is 9.84 Å². The second-order valence-corrected chi connectivity index (χ2v) is 16.6. The van der Waals surface area contributed by atoms with E-state index in [1.54, 1.807) is 0 Å². The molecule has 0 bridgehead atoms. The van der Waals surface area contributed by atoms with Gasteiger partial charge in [-0.2, -0.15) is 0 Å². The van der Waals surface area contributed by atoms with Crippen LogP contribution < -0.4 is 0 Å². The molecule has 3 aromatic rings. The van der Waals surface area contributed by atoms with Crippen LogP contribution in [0.4, 0.5) is 0 Å². The molecule has 0 amide bonds. The van der Waals surface area contributed by atoms with Crippen LogP contribution in [-0.2, 0) is 51.4 Å². The van der Waals surface area contributed by atoms with Crippen molar-refractivity contribution in [2.45, 2.75) is 118 Å². The van der Waals surface area contributed by atoms with Crippen LogP contribution in [-0.4, -0.2) is 40.8 Å². The lowest BCUT2D eigenvalue weighted by Crippen LogP contribution is -2.21. The fraction of sp³-hybridized carbons (Fsp3) is 0.531. The number of fused-ring (bicyclic) bond motifs is 2. The van der Waals surface area contributed by atoms with E-state index in [2.05, 4.69) is 77.9 Å². The number of aryl methyl sites for hydroxylation is 6. The number of allylic oxidation sites excluding steroid dienone is 2. The van der Waals surface area contributed by atoms with Crippen LogP contribution in [0, 0.1) is 49.4 Å². The quantitative estimate of drug-likeness (QED) is 0.169. The van der Waals surface area contributed by atoms with Crippen molar-refractivity contribution in [2.24, 2.45) is 35.5 Å². The molecule has 0 aliphatic heterocycles. The Hall–Kier alpha value is -3.87. The van der Waals surface area contributed by atoms with Crippen molar-refractivity contribution in [1.82, 2.24) is 0 Å². The molecule has 0 radical (unpaired) electrons. The Morgan fingerprint density at radius 2 is 1.07 bits per heavy atom. The van der Waals surface area contributed by atoms with Crippen LogP contribution in [0.1, 0.15) is 122 Å². The summed E-state index contributed by atoms with van der Waals surface area (Å²) in [5.41, 5.74) is 11.3. The zero-order valence-corrected chi connectivity index (χ0v) is 34.0. The van der Waals surface area contributed by atoms with Gasteiger partial charge >= 0.3 is 0 Å². The molecule has 2 N–H and O–H groups in total. The Labute approximate surface area is 328 Å². The van der Waals surface area contributed by atoms with Gasteiger partial charge in [-0.1, -0.05) is 93.4 Å². The molecule has 3 saturated carbocycles. The van der Waals surface area contributed by atoms with Gasteiger partial charge in [0.15, 0.2) is 17.3 Å². The summed E-state index contributed by atoms with van der Waals surface area (Å²) in [5.74, 6) is 1.51. The minimum atomic E-state index is -0.541. The van der Waals surface area contributed by atoms with Crippen LogP contribution >= 0.6 is 0 Å². The molecule has 5 unspecified atom stereocenters. The highest BCUT2D eigenvalue weighted by atomic mass is 16.5. The molecule has 7 rings (SSSR count). The molecule has 6 heteroatoms. The second-order valence-electron chi connectivity index (χ2n) is 16.6. The first-order valence-corrected chi connectivity index (χ1v) is 21.1. The van der Waals surface area contributed by atoms with Gasteiger partial charge in [-0.05, 0) is 129 Å². The third kappa shape index (κ3) is 8.18. The molecule has 0 aromatic heterocycles. The van der Waals surface area contributed by atoms with Crippen molar-refractivity contribution in [1.29, 1.82) is 0 Å². The molecule has 3 fully saturated rings. The lowest BCUT2D eigenvalue weighted by molar-refractivity contribution is -0.125. The van der Waals surface area contributed by atoms with Crippen molar-refractivity contribution < 1.29 is 29.3 Å². The number of hydrogen-bond donors (Lipinski definition) is 2. The van der Waals surface area contributed by atoms with E-state index in [9.17, 15) is 19.5 Å². The molecular formula is C49H62O6. The number of aliphatic hydroxyl groups is 2. The monoisotopic (exact) mass is 746 g/mol. The molecule has 4 aliphatic carbocycles. The molecule has 55 heavy (non-hydrogen) atoms. The number of rotatable bonds is 13. The van der Waals surface area contributed by atoms with Crippen LogP contribution in [0.5, 0.6) is 0 Å². The molecule has 0 spiro atoms. The highest BCUT2D eigenvalue weighted by molar-refractivity contribution is 6.25. The van der Waals surface area contributed by atoms with Gasteiger partial charge in [0.25, 0.3) is 0 Å². The fourth-order valence-electron chi connectivity index (χ4n) is 10.6. The van der Waals surface area contributed by atoms with Crippen molar-refractivity contribution in [3.63, 3.8) is 0 Å². The molecule has 294 valence electrons. The minimum absolute atomic E-state index is 0.00645. The van der Waals surface area contributed by atoms with Crippen LogP contribution in [0.2, 0.25) is 0 Å². The maximum atomic E-state index is 13.8. The van der Waals surface area contributed by atoms with E-state index in [0.717, 1.165) is 96.9 Å². The van der Waals surface area contributed by atoms with E-state index in [1.807, 2.05) is 18.2 Å². The molecular weight excluding hydrogens is 685 g/mol. The van der Waals surface area contributed by atoms with E-state index in [-0.39, 0.29) is 54.2 Å². The highest BCUT2D eigenvalue weighted by Crippen LogP contribution is 2.53. The first-order valence-electron chi connectivity index (χ1n) is 21.1. The molecule has 6 nitrogen and oxygen atoms in total. The van der Waals surface area contributed by atoms with Gasteiger partial charge < -0.3 is 14.9 Å². The first kappa shape index (κ1) is 40.8. The lowest BCUT2D eigenvalue weighted by atomic mass is 9.82. The number of carbonyl (C=O) groups excluding carboxylic acids is 3. The Morgan fingerprint density at radius 1 is 0.618 bits per heavy atom. The predicted octanol–water partition coefficient (Wildman–Crippen LogP) is 9.04. The average molecular weight is 747 g/mol. The summed E-state index contributed by atoms with van der Waals surface area (Å²) in [4.78, 5) is 40.0. The number of carbonyl (C=O) groups is 3. The van der Waals surface area contributed by atoms with Gasteiger partial charge in [0, 0.05) is 36.9 Å². The van der Waals surface area contributed by atoms with Crippen LogP contribution in [0.3, 0.4) is 0 Å². The number of ether oxygens (including phenoxy) is 1. The van der Waals surface area contributed by atoms with E-state index in [0.29, 0.717) is 24.9 Å². The van der Waals surface area contributed by atoms with Gasteiger partial charge in [-0.3, -0.25) is 14.4 Å². The van der Waals surface area contributed by atoms with E-state index in [1.165, 1.54) is 22.3 Å².